The summed E-state index contributed by atoms with van der Waals surface area (Å²) in [6, 6.07) is 11.0. The van der Waals surface area contributed by atoms with E-state index in [1.54, 1.807) is 30.6 Å². The zero-order valence-electron chi connectivity index (χ0n) is 12.8. The van der Waals surface area contributed by atoms with Gasteiger partial charge in [0.2, 0.25) is 0 Å². The van der Waals surface area contributed by atoms with E-state index in [1.807, 2.05) is 36.6 Å². The Bertz CT molecular complexity index is 823. The molecule has 0 unspecified atom stereocenters. The molecular weight excluding hydrogens is 312 g/mol. The maximum absolute atomic E-state index is 12.2. The van der Waals surface area contributed by atoms with Gasteiger partial charge in [-0.25, -0.2) is 4.98 Å². The standard InChI is InChI=1S/C17H16N2O3S/c1-11-19-13(10-23-11)15-7-8-16(22-15)17(20)18-9-12-5-3-4-6-14(12)21-2/h3-8,10H,9H2,1-2H3,(H,18,20). The quantitative estimate of drug-likeness (QED) is 0.776. The fourth-order valence-electron chi connectivity index (χ4n) is 2.19. The van der Waals surface area contributed by atoms with E-state index in [0.29, 0.717) is 12.3 Å². The number of hydrogen-bond donors (Lipinski definition) is 1. The van der Waals surface area contributed by atoms with Crippen LogP contribution in [0.4, 0.5) is 0 Å². The van der Waals surface area contributed by atoms with Crippen molar-refractivity contribution in [2.75, 3.05) is 7.11 Å². The molecule has 1 aromatic carbocycles. The summed E-state index contributed by atoms with van der Waals surface area (Å²) in [5.41, 5.74) is 1.65. The molecule has 0 saturated heterocycles. The van der Waals surface area contributed by atoms with Crippen LogP contribution < -0.4 is 10.1 Å². The number of aromatic nitrogens is 1. The van der Waals surface area contributed by atoms with Crippen molar-refractivity contribution in [1.82, 2.24) is 10.3 Å². The number of methoxy groups -OCH3 is 1. The van der Waals surface area contributed by atoms with Gasteiger partial charge in [-0.15, -0.1) is 11.3 Å². The third-order valence-electron chi connectivity index (χ3n) is 3.33. The molecule has 0 atom stereocenters. The number of rotatable bonds is 5. The van der Waals surface area contributed by atoms with Gasteiger partial charge in [-0.2, -0.15) is 0 Å². The Labute approximate surface area is 137 Å². The van der Waals surface area contributed by atoms with E-state index in [9.17, 15) is 4.79 Å². The van der Waals surface area contributed by atoms with Crippen LogP contribution in [-0.2, 0) is 6.54 Å². The van der Waals surface area contributed by atoms with E-state index in [2.05, 4.69) is 10.3 Å². The lowest BCUT2D eigenvalue weighted by Crippen LogP contribution is -2.22. The summed E-state index contributed by atoms with van der Waals surface area (Å²) in [5.74, 6) is 1.33. The summed E-state index contributed by atoms with van der Waals surface area (Å²) in [7, 11) is 1.61. The molecule has 118 valence electrons. The van der Waals surface area contributed by atoms with Crippen LogP contribution in [0.15, 0.2) is 46.2 Å². The molecule has 0 aliphatic heterocycles. The van der Waals surface area contributed by atoms with E-state index >= 15 is 0 Å². The third kappa shape index (κ3) is 3.43. The number of aryl methyl sites for hydroxylation is 1. The number of ether oxygens (including phenoxy) is 1. The molecule has 0 saturated carbocycles. The summed E-state index contributed by atoms with van der Waals surface area (Å²) in [6.07, 6.45) is 0. The van der Waals surface area contributed by atoms with Gasteiger partial charge in [-0.3, -0.25) is 4.79 Å². The van der Waals surface area contributed by atoms with E-state index in [-0.39, 0.29) is 11.7 Å². The van der Waals surface area contributed by atoms with Crippen LogP contribution in [0.25, 0.3) is 11.5 Å². The molecule has 0 spiro atoms. The zero-order valence-corrected chi connectivity index (χ0v) is 13.6. The monoisotopic (exact) mass is 328 g/mol. The highest BCUT2D eigenvalue weighted by atomic mass is 32.1. The smallest absolute Gasteiger partial charge is 0.287 e. The number of para-hydroxylation sites is 1. The van der Waals surface area contributed by atoms with Gasteiger partial charge in [-0.05, 0) is 25.1 Å². The van der Waals surface area contributed by atoms with Crippen molar-refractivity contribution in [2.45, 2.75) is 13.5 Å². The average Bonchev–Trinajstić information content (AvgIpc) is 3.21. The molecule has 0 fully saturated rings. The van der Waals surface area contributed by atoms with Crippen LogP contribution >= 0.6 is 11.3 Å². The fraction of sp³-hybridized carbons (Fsp3) is 0.176. The molecule has 0 aliphatic rings. The maximum Gasteiger partial charge on any atom is 0.287 e. The molecule has 0 radical (unpaired) electrons. The van der Waals surface area contributed by atoms with Gasteiger partial charge in [0.1, 0.15) is 11.4 Å². The van der Waals surface area contributed by atoms with E-state index in [1.165, 1.54) is 0 Å². The number of thiazole rings is 1. The Balaban J connectivity index is 1.68. The minimum atomic E-state index is -0.269. The fourth-order valence-corrected chi connectivity index (χ4v) is 2.79. The first-order chi connectivity index (χ1) is 11.2. The molecule has 1 amide bonds. The van der Waals surface area contributed by atoms with Crippen molar-refractivity contribution >= 4 is 17.2 Å². The van der Waals surface area contributed by atoms with E-state index in [4.69, 9.17) is 9.15 Å². The van der Waals surface area contributed by atoms with Crippen molar-refractivity contribution < 1.29 is 13.9 Å². The number of amides is 1. The number of nitrogens with one attached hydrogen (secondary N) is 1. The van der Waals surface area contributed by atoms with Crippen LogP contribution in [-0.4, -0.2) is 18.0 Å². The van der Waals surface area contributed by atoms with Crippen molar-refractivity contribution in [3.8, 4) is 17.2 Å². The van der Waals surface area contributed by atoms with Crippen molar-refractivity contribution in [3.05, 3.63) is 58.1 Å². The van der Waals surface area contributed by atoms with Crippen LogP contribution in [0.3, 0.4) is 0 Å². The number of hydrogen-bond acceptors (Lipinski definition) is 5. The van der Waals surface area contributed by atoms with Gasteiger partial charge < -0.3 is 14.5 Å². The van der Waals surface area contributed by atoms with Crippen molar-refractivity contribution in [2.24, 2.45) is 0 Å². The average molecular weight is 328 g/mol. The highest BCUT2D eigenvalue weighted by molar-refractivity contribution is 7.09. The molecule has 1 N–H and O–H groups in total. The number of benzene rings is 1. The number of carbonyl (C=O) groups excluding carboxylic acids is 1. The molecule has 6 heteroatoms. The zero-order chi connectivity index (χ0) is 16.2. The van der Waals surface area contributed by atoms with Gasteiger partial charge in [0.15, 0.2) is 11.5 Å². The second kappa shape index (κ2) is 6.66. The predicted molar refractivity (Wildman–Crippen MR) is 88.7 cm³/mol. The second-order valence-corrected chi connectivity index (χ2v) is 5.97. The van der Waals surface area contributed by atoms with Gasteiger partial charge in [-0.1, -0.05) is 18.2 Å². The lowest BCUT2D eigenvalue weighted by molar-refractivity contribution is 0.0924. The largest absolute Gasteiger partial charge is 0.496 e. The summed E-state index contributed by atoms with van der Waals surface area (Å²) in [4.78, 5) is 16.6. The molecule has 0 aliphatic carbocycles. The van der Waals surface area contributed by atoms with E-state index < -0.39 is 0 Å². The Morgan fingerprint density at radius 3 is 2.87 bits per heavy atom. The molecule has 2 aromatic heterocycles. The van der Waals surface area contributed by atoms with E-state index in [0.717, 1.165) is 22.0 Å². The molecule has 0 bridgehead atoms. The Hall–Kier alpha value is -2.60. The van der Waals surface area contributed by atoms with Crippen molar-refractivity contribution in [3.63, 3.8) is 0 Å². The van der Waals surface area contributed by atoms with Crippen molar-refractivity contribution in [1.29, 1.82) is 0 Å². The number of carbonyl (C=O) groups is 1. The SMILES string of the molecule is COc1ccccc1CNC(=O)c1ccc(-c2csc(C)n2)o1. The van der Waals surface area contributed by atoms with Gasteiger partial charge in [0.25, 0.3) is 5.91 Å². The third-order valence-corrected chi connectivity index (χ3v) is 4.11. The lowest BCUT2D eigenvalue weighted by Gasteiger charge is -2.08. The highest BCUT2D eigenvalue weighted by Crippen LogP contribution is 2.24. The predicted octanol–water partition coefficient (Wildman–Crippen LogP) is 3.65. The number of nitrogens with zero attached hydrogens (tertiary/aromatic N) is 1. The lowest BCUT2D eigenvalue weighted by atomic mass is 10.2. The second-order valence-electron chi connectivity index (χ2n) is 4.91. The summed E-state index contributed by atoms with van der Waals surface area (Å²) < 4.78 is 10.9. The first-order valence-corrected chi connectivity index (χ1v) is 7.98. The van der Waals surface area contributed by atoms with Gasteiger partial charge >= 0.3 is 0 Å². The minimum absolute atomic E-state index is 0.264. The first kappa shape index (κ1) is 15.3. The Kier molecular flexibility index (Phi) is 4.43. The van der Waals surface area contributed by atoms with Gasteiger partial charge in [0.05, 0.1) is 12.1 Å². The summed E-state index contributed by atoms with van der Waals surface area (Å²) in [6.45, 7) is 2.30. The number of furan rings is 1. The molecule has 3 aromatic rings. The molecule has 23 heavy (non-hydrogen) atoms. The first-order valence-electron chi connectivity index (χ1n) is 7.10. The Morgan fingerprint density at radius 2 is 2.13 bits per heavy atom. The van der Waals surface area contributed by atoms with Crippen LogP contribution in [0, 0.1) is 6.92 Å². The molecule has 5 nitrogen and oxygen atoms in total. The maximum atomic E-state index is 12.2. The van der Waals surface area contributed by atoms with Crippen LogP contribution in [0.5, 0.6) is 5.75 Å². The Morgan fingerprint density at radius 1 is 1.30 bits per heavy atom. The van der Waals surface area contributed by atoms with Gasteiger partial charge in [0, 0.05) is 17.5 Å². The topological polar surface area (TPSA) is 64.4 Å². The minimum Gasteiger partial charge on any atom is -0.496 e. The van der Waals surface area contributed by atoms with Crippen LogP contribution in [0.1, 0.15) is 21.1 Å². The molecule has 3 rings (SSSR count). The van der Waals surface area contributed by atoms with Crippen LogP contribution in [0.2, 0.25) is 0 Å². The summed E-state index contributed by atoms with van der Waals surface area (Å²) >= 11 is 1.54. The summed E-state index contributed by atoms with van der Waals surface area (Å²) in [5, 5.41) is 5.69. The highest BCUT2D eigenvalue weighted by Gasteiger charge is 2.14. The molecular formula is C17H16N2O3S. The normalized spacial score (nSPS) is 10.5. The molecule has 2 heterocycles.